The predicted molar refractivity (Wildman–Crippen MR) is 63.5 cm³/mol. The van der Waals surface area contributed by atoms with E-state index in [1.165, 1.54) is 6.07 Å². The Bertz CT molecular complexity index is 404. The van der Waals surface area contributed by atoms with Gasteiger partial charge in [0, 0.05) is 12.7 Å². The average molecular weight is 253 g/mol. The van der Waals surface area contributed by atoms with Crippen molar-refractivity contribution in [3.8, 4) is 6.07 Å². The normalized spacial score (nSPS) is 10.3. The summed E-state index contributed by atoms with van der Waals surface area (Å²) in [7, 11) is 1.60. The molecule has 0 fully saturated rings. The van der Waals surface area contributed by atoms with Gasteiger partial charge in [-0.15, -0.1) is 0 Å². The van der Waals surface area contributed by atoms with E-state index < -0.39 is 5.82 Å². The maximum atomic E-state index is 13.4. The fourth-order valence-corrected chi connectivity index (χ4v) is 1.28. The molecular formula is C13H16FNO3. The van der Waals surface area contributed by atoms with Crippen LogP contribution in [0.3, 0.4) is 0 Å². The van der Waals surface area contributed by atoms with Crippen LogP contribution in [-0.2, 0) is 20.8 Å². The molecule has 0 saturated carbocycles. The lowest BCUT2D eigenvalue weighted by Gasteiger charge is -2.06. The Morgan fingerprint density at radius 3 is 2.56 bits per heavy atom. The van der Waals surface area contributed by atoms with E-state index in [0.29, 0.717) is 37.6 Å². The third kappa shape index (κ3) is 5.23. The van der Waals surface area contributed by atoms with Gasteiger partial charge in [-0.25, -0.2) is 4.39 Å². The van der Waals surface area contributed by atoms with Crippen LogP contribution in [0.1, 0.15) is 11.1 Å². The molecule has 18 heavy (non-hydrogen) atoms. The minimum absolute atomic E-state index is 0.172. The third-order valence-corrected chi connectivity index (χ3v) is 2.24. The van der Waals surface area contributed by atoms with Crippen LogP contribution in [0.25, 0.3) is 0 Å². The van der Waals surface area contributed by atoms with Gasteiger partial charge in [0.2, 0.25) is 0 Å². The maximum absolute atomic E-state index is 13.4. The molecule has 0 unspecified atom stereocenters. The number of hydrogen-bond acceptors (Lipinski definition) is 4. The van der Waals surface area contributed by atoms with E-state index >= 15 is 0 Å². The van der Waals surface area contributed by atoms with Crippen molar-refractivity contribution >= 4 is 0 Å². The molecule has 4 nitrogen and oxygen atoms in total. The molecule has 1 aromatic carbocycles. The first-order valence-corrected chi connectivity index (χ1v) is 5.61. The van der Waals surface area contributed by atoms with Crippen molar-refractivity contribution in [3.63, 3.8) is 0 Å². The molecule has 98 valence electrons. The zero-order chi connectivity index (χ0) is 13.2. The van der Waals surface area contributed by atoms with Crippen molar-refractivity contribution in [3.05, 3.63) is 35.1 Å². The van der Waals surface area contributed by atoms with Gasteiger partial charge in [0.25, 0.3) is 0 Å². The van der Waals surface area contributed by atoms with Crippen molar-refractivity contribution in [2.24, 2.45) is 0 Å². The van der Waals surface area contributed by atoms with E-state index in [4.69, 9.17) is 19.5 Å². The van der Waals surface area contributed by atoms with Crippen LogP contribution in [0, 0.1) is 17.1 Å². The molecule has 0 N–H and O–H groups in total. The summed E-state index contributed by atoms with van der Waals surface area (Å²) in [5.41, 5.74) is 0.741. The summed E-state index contributed by atoms with van der Waals surface area (Å²) in [5, 5.41) is 8.60. The lowest BCUT2D eigenvalue weighted by atomic mass is 10.1. The number of rotatable bonds is 8. The highest BCUT2D eigenvalue weighted by molar-refractivity contribution is 5.32. The molecule has 0 aromatic heterocycles. The maximum Gasteiger partial charge on any atom is 0.130 e. The Kier molecular flexibility index (Phi) is 6.96. The van der Waals surface area contributed by atoms with Gasteiger partial charge in [-0.2, -0.15) is 5.26 Å². The molecule has 0 radical (unpaired) electrons. The number of methoxy groups -OCH3 is 1. The first kappa shape index (κ1) is 14.6. The van der Waals surface area contributed by atoms with Crippen LogP contribution >= 0.6 is 0 Å². The Labute approximate surface area is 106 Å². The molecule has 5 heteroatoms. The number of ether oxygens (including phenoxy) is 3. The zero-order valence-corrected chi connectivity index (χ0v) is 10.3. The van der Waals surface area contributed by atoms with Crippen LogP contribution in [0.2, 0.25) is 0 Å². The topological polar surface area (TPSA) is 51.5 Å². The van der Waals surface area contributed by atoms with Crippen molar-refractivity contribution in [1.82, 2.24) is 0 Å². The molecule has 1 rings (SSSR count). The summed E-state index contributed by atoms with van der Waals surface area (Å²) >= 11 is 0. The molecule has 0 heterocycles. The standard InChI is InChI=1S/C13H16FNO3/c1-16-4-5-17-6-7-18-10-12-3-2-11(9-15)8-13(12)14/h2-3,8H,4-7,10H2,1H3. The van der Waals surface area contributed by atoms with Gasteiger partial charge in [0.1, 0.15) is 5.82 Å². The first-order chi connectivity index (χ1) is 8.77. The van der Waals surface area contributed by atoms with E-state index in [-0.39, 0.29) is 6.61 Å². The zero-order valence-electron chi connectivity index (χ0n) is 10.3. The molecule has 0 aliphatic rings. The summed E-state index contributed by atoms with van der Waals surface area (Å²) in [6.45, 7) is 2.07. The fraction of sp³-hybridized carbons (Fsp3) is 0.462. The molecule has 0 saturated heterocycles. The second-order valence-corrected chi connectivity index (χ2v) is 3.58. The van der Waals surface area contributed by atoms with E-state index in [9.17, 15) is 4.39 Å². The smallest absolute Gasteiger partial charge is 0.130 e. The Morgan fingerprint density at radius 1 is 1.17 bits per heavy atom. The van der Waals surface area contributed by atoms with E-state index in [0.717, 1.165) is 0 Å². The molecule has 0 amide bonds. The second-order valence-electron chi connectivity index (χ2n) is 3.58. The van der Waals surface area contributed by atoms with Crippen molar-refractivity contribution in [1.29, 1.82) is 5.26 Å². The van der Waals surface area contributed by atoms with Gasteiger partial charge < -0.3 is 14.2 Å². The van der Waals surface area contributed by atoms with Crippen LogP contribution in [0.5, 0.6) is 0 Å². The van der Waals surface area contributed by atoms with Gasteiger partial charge in [-0.05, 0) is 12.1 Å². The largest absolute Gasteiger partial charge is 0.382 e. The van der Waals surface area contributed by atoms with Gasteiger partial charge >= 0.3 is 0 Å². The van der Waals surface area contributed by atoms with Crippen LogP contribution in [0.15, 0.2) is 18.2 Å². The predicted octanol–water partition coefficient (Wildman–Crippen LogP) is 1.88. The molecule has 0 bridgehead atoms. The molecule has 0 aliphatic carbocycles. The summed E-state index contributed by atoms with van der Waals surface area (Å²) in [6, 6.07) is 6.20. The molecule has 1 aromatic rings. The fourth-order valence-electron chi connectivity index (χ4n) is 1.28. The van der Waals surface area contributed by atoms with E-state index in [2.05, 4.69) is 0 Å². The number of benzene rings is 1. The lowest BCUT2D eigenvalue weighted by molar-refractivity contribution is 0.0194. The molecule has 0 aliphatic heterocycles. The minimum Gasteiger partial charge on any atom is -0.382 e. The van der Waals surface area contributed by atoms with E-state index in [1.54, 1.807) is 19.2 Å². The Balaban J connectivity index is 2.21. The molecular weight excluding hydrogens is 237 g/mol. The number of nitrogens with zero attached hydrogens (tertiary/aromatic N) is 1. The SMILES string of the molecule is COCCOCCOCc1ccc(C#N)cc1F. The van der Waals surface area contributed by atoms with Crippen LogP contribution in [-0.4, -0.2) is 33.5 Å². The monoisotopic (exact) mass is 253 g/mol. The number of hydrogen-bond donors (Lipinski definition) is 0. The second kappa shape index (κ2) is 8.59. The summed E-state index contributed by atoms with van der Waals surface area (Å²) in [6.07, 6.45) is 0. The third-order valence-electron chi connectivity index (χ3n) is 2.24. The van der Waals surface area contributed by atoms with Crippen LogP contribution < -0.4 is 0 Å². The van der Waals surface area contributed by atoms with Gasteiger partial charge in [-0.1, -0.05) is 6.07 Å². The number of halogens is 1. The quantitative estimate of drug-likeness (QED) is 0.664. The van der Waals surface area contributed by atoms with Crippen LogP contribution in [0.4, 0.5) is 4.39 Å². The Morgan fingerprint density at radius 2 is 1.89 bits per heavy atom. The highest BCUT2D eigenvalue weighted by atomic mass is 19.1. The Hall–Kier alpha value is -1.48. The highest BCUT2D eigenvalue weighted by Crippen LogP contribution is 2.10. The lowest BCUT2D eigenvalue weighted by Crippen LogP contribution is -2.08. The summed E-state index contributed by atoms with van der Waals surface area (Å²) in [5.74, 6) is -0.422. The van der Waals surface area contributed by atoms with Crippen molar-refractivity contribution < 1.29 is 18.6 Å². The summed E-state index contributed by atoms with van der Waals surface area (Å²) in [4.78, 5) is 0. The van der Waals surface area contributed by atoms with E-state index in [1.807, 2.05) is 6.07 Å². The van der Waals surface area contributed by atoms with Crippen molar-refractivity contribution in [2.75, 3.05) is 33.5 Å². The highest BCUT2D eigenvalue weighted by Gasteiger charge is 2.03. The summed E-state index contributed by atoms with van der Waals surface area (Å²) < 4.78 is 28.7. The molecule has 0 spiro atoms. The first-order valence-electron chi connectivity index (χ1n) is 5.61. The van der Waals surface area contributed by atoms with Gasteiger partial charge in [0.15, 0.2) is 0 Å². The van der Waals surface area contributed by atoms with Gasteiger partial charge in [0.05, 0.1) is 44.7 Å². The van der Waals surface area contributed by atoms with Gasteiger partial charge in [-0.3, -0.25) is 0 Å². The average Bonchev–Trinajstić information content (AvgIpc) is 2.39. The number of nitriles is 1. The van der Waals surface area contributed by atoms with Crippen molar-refractivity contribution in [2.45, 2.75) is 6.61 Å². The minimum atomic E-state index is -0.422. The molecule has 0 atom stereocenters.